The Balaban J connectivity index is 2.09. The van der Waals surface area contributed by atoms with Crippen molar-refractivity contribution in [3.05, 3.63) is 36.3 Å². The van der Waals surface area contributed by atoms with E-state index in [1.54, 1.807) is 0 Å². The highest BCUT2D eigenvalue weighted by atomic mass is 35.5. The van der Waals surface area contributed by atoms with Crippen molar-refractivity contribution in [1.29, 1.82) is 0 Å². The molecule has 4 heteroatoms. The van der Waals surface area contributed by atoms with E-state index < -0.39 is 0 Å². The summed E-state index contributed by atoms with van der Waals surface area (Å²) >= 11 is 6.12. The zero-order chi connectivity index (χ0) is 13.7. The lowest BCUT2D eigenvalue weighted by Crippen LogP contribution is -2.10. The number of para-hydroxylation sites is 1. The van der Waals surface area contributed by atoms with Gasteiger partial charge in [-0.15, -0.1) is 11.6 Å². The van der Waals surface area contributed by atoms with Crippen LogP contribution in [0.3, 0.4) is 0 Å². The third-order valence-electron chi connectivity index (χ3n) is 4.33. The molecule has 0 radical (unpaired) electrons. The third kappa shape index (κ3) is 1.73. The normalized spacial score (nSPS) is 16.9. The van der Waals surface area contributed by atoms with Crippen LogP contribution in [0.4, 0.5) is 0 Å². The number of fused-ring (bicyclic) bond motifs is 3. The molecule has 102 valence electrons. The van der Waals surface area contributed by atoms with E-state index in [1.165, 1.54) is 23.7 Å². The van der Waals surface area contributed by atoms with Gasteiger partial charge in [-0.3, -0.25) is 4.98 Å². The highest BCUT2D eigenvalue weighted by Gasteiger charge is 2.31. The molecule has 2 aromatic heterocycles. The molecule has 0 bridgehead atoms. The Hall–Kier alpha value is -1.61. The van der Waals surface area contributed by atoms with Gasteiger partial charge in [0.25, 0.3) is 0 Å². The monoisotopic (exact) mass is 285 g/mol. The number of hydrogen-bond acceptors (Lipinski definition) is 2. The summed E-state index contributed by atoms with van der Waals surface area (Å²) in [5.41, 5.74) is 3.16. The van der Waals surface area contributed by atoms with Crippen molar-refractivity contribution in [3.63, 3.8) is 0 Å². The largest absolute Gasteiger partial charge is 0.323 e. The fourth-order valence-electron chi connectivity index (χ4n) is 3.10. The molecule has 0 spiro atoms. The van der Waals surface area contributed by atoms with Crippen LogP contribution in [-0.2, 0) is 5.88 Å². The maximum absolute atomic E-state index is 6.12. The van der Waals surface area contributed by atoms with Crippen LogP contribution < -0.4 is 0 Å². The molecule has 4 rings (SSSR count). The number of alkyl halides is 1. The van der Waals surface area contributed by atoms with Gasteiger partial charge in [0, 0.05) is 11.4 Å². The smallest absolute Gasteiger partial charge is 0.125 e. The number of imidazole rings is 1. The van der Waals surface area contributed by atoms with Crippen molar-refractivity contribution in [3.8, 4) is 0 Å². The fraction of sp³-hybridized carbons (Fsp3) is 0.375. The van der Waals surface area contributed by atoms with Crippen LogP contribution >= 0.6 is 11.6 Å². The van der Waals surface area contributed by atoms with Gasteiger partial charge in [0.05, 0.1) is 23.1 Å². The maximum atomic E-state index is 6.12. The van der Waals surface area contributed by atoms with Gasteiger partial charge < -0.3 is 4.57 Å². The highest BCUT2D eigenvalue weighted by molar-refractivity contribution is 6.17. The van der Waals surface area contributed by atoms with E-state index in [4.69, 9.17) is 11.6 Å². The fourth-order valence-corrected chi connectivity index (χ4v) is 3.28. The Labute approximate surface area is 122 Å². The molecule has 20 heavy (non-hydrogen) atoms. The van der Waals surface area contributed by atoms with Crippen LogP contribution in [0.15, 0.2) is 30.5 Å². The highest BCUT2D eigenvalue weighted by Crippen LogP contribution is 2.42. The Bertz CT molecular complexity index is 789. The van der Waals surface area contributed by atoms with Gasteiger partial charge in [0.2, 0.25) is 0 Å². The zero-order valence-corrected chi connectivity index (χ0v) is 12.1. The molecular weight excluding hydrogens is 270 g/mol. The number of halogens is 1. The standard InChI is InChI=1S/C16H16ClN3/c1-10(11-6-7-11)20-15(8-17)19-14-9-18-13-5-3-2-4-12(13)16(14)20/h2-5,9-11H,6-8H2,1H3. The first kappa shape index (κ1) is 12.2. The third-order valence-corrected chi connectivity index (χ3v) is 4.57. The van der Waals surface area contributed by atoms with E-state index in [-0.39, 0.29) is 0 Å². The molecular formula is C16H16ClN3. The summed E-state index contributed by atoms with van der Waals surface area (Å²) in [4.78, 5) is 9.18. The summed E-state index contributed by atoms with van der Waals surface area (Å²) in [6.07, 6.45) is 4.49. The number of nitrogens with zero attached hydrogens (tertiary/aromatic N) is 3. The van der Waals surface area contributed by atoms with Gasteiger partial charge >= 0.3 is 0 Å². The Morgan fingerprint density at radius 3 is 2.85 bits per heavy atom. The molecule has 1 aromatic carbocycles. The molecule has 0 amide bonds. The molecule has 0 N–H and O–H groups in total. The molecule has 1 aliphatic carbocycles. The molecule has 0 aliphatic heterocycles. The summed E-state index contributed by atoms with van der Waals surface area (Å²) in [5, 5.41) is 1.17. The molecule has 1 atom stereocenters. The van der Waals surface area contributed by atoms with Crippen molar-refractivity contribution in [2.45, 2.75) is 31.7 Å². The molecule has 1 fully saturated rings. The molecule has 3 nitrogen and oxygen atoms in total. The van der Waals surface area contributed by atoms with E-state index >= 15 is 0 Å². The van der Waals surface area contributed by atoms with Crippen molar-refractivity contribution >= 4 is 33.5 Å². The van der Waals surface area contributed by atoms with E-state index in [2.05, 4.69) is 33.6 Å². The summed E-state index contributed by atoms with van der Waals surface area (Å²) in [7, 11) is 0. The van der Waals surface area contributed by atoms with Crippen molar-refractivity contribution in [1.82, 2.24) is 14.5 Å². The summed E-state index contributed by atoms with van der Waals surface area (Å²) in [6, 6.07) is 8.71. The molecule has 0 saturated heterocycles. The molecule has 1 aliphatic rings. The van der Waals surface area contributed by atoms with Crippen LogP contribution in [0.1, 0.15) is 31.6 Å². The van der Waals surface area contributed by atoms with Crippen LogP contribution in [-0.4, -0.2) is 14.5 Å². The minimum atomic E-state index is 0.445. The van der Waals surface area contributed by atoms with E-state index in [9.17, 15) is 0 Å². The summed E-state index contributed by atoms with van der Waals surface area (Å²) in [6.45, 7) is 2.28. The number of aromatic nitrogens is 3. The average Bonchev–Trinajstić information content (AvgIpc) is 3.26. The summed E-state index contributed by atoms with van der Waals surface area (Å²) in [5.74, 6) is 2.17. The van der Waals surface area contributed by atoms with Crippen molar-refractivity contribution < 1.29 is 0 Å². The van der Waals surface area contributed by atoms with Crippen molar-refractivity contribution in [2.75, 3.05) is 0 Å². The first-order valence-corrected chi connectivity index (χ1v) is 7.63. The predicted molar refractivity (Wildman–Crippen MR) is 82.0 cm³/mol. The van der Waals surface area contributed by atoms with Crippen LogP contribution in [0.2, 0.25) is 0 Å². The Morgan fingerprint density at radius 2 is 2.10 bits per heavy atom. The molecule has 2 heterocycles. The Kier molecular flexibility index (Phi) is 2.71. The maximum Gasteiger partial charge on any atom is 0.125 e. The average molecular weight is 286 g/mol. The van der Waals surface area contributed by atoms with Gasteiger partial charge in [0.15, 0.2) is 0 Å². The lowest BCUT2D eigenvalue weighted by molar-refractivity contribution is 0.486. The lowest BCUT2D eigenvalue weighted by atomic mass is 10.1. The second kappa shape index (κ2) is 4.45. The minimum Gasteiger partial charge on any atom is -0.323 e. The summed E-state index contributed by atoms with van der Waals surface area (Å²) < 4.78 is 2.34. The molecule has 1 saturated carbocycles. The minimum absolute atomic E-state index is 0.445. The topological polar surface area (TPSA) is 30.7 Å². The number of pyridine rings is 1. The van der Waals surface area contributed by atoms with Gasteiger partial charge in [0.1, 0.15) is 11.3 Å². The molecule has 1 unspecified atom stereocenters. The zero-order valence-electron chi connectivity index (χ0n) is 11.4. The number of benzene rings is 1. The number of hydrogen-bond donors (Lipinski definition) is 0. The quantitative estimate of drug-likeness (QED) is 0.672. The van der Waals surface area contributed by atoms with Crippen LogP contribution in [0.5, 0.6) is 0 Å². The van der Waals surface area contributed by atoms with Crippen molar-refractivity contribution in [2.24, 2.45) is 5.92 Å². The van der Waals surface area contributed by atoms with E-state index in [1.807, 2.05) is 18.3 Å². The van der Waals surface area contributed by atoms with E-state index in [0.717, 1.165) is 22.8 Å². The van der Waals surface area contributed by atoms with E-state index in [0.29, 0.717) is 11.9 Å². The number of rotatable bonds is 3. The first-order chi connectivity index (χ1) is 9.79. The van der Waals surface area contributed by atoms with Gasteiger partial charge in [-0.1, -0.05) is 18.2 Å². The first-order valence-electron chi connectivity index (χ1n) is 7.10. The van der Waals surface area contributed by atoms with Gasteiger partial charge in [-0.25, -0.2) is 4.98 Å². The Morgan fingerprint density at radius 1 is 1.30 bits per heavy atom. The van der Waals surface area contributed by atoms with Crippen LogP contribution in [0, 0.1) is 5.92 Å². The predicted octanol–water partition coefficient (Wildman–Crippen LogP) is 4.29. The van der Waals surface area contributed by atoms with Gasteiger partial charge in [-0.2, -0.15) is 0 Å². The lowest BCUT2D eigenvalue weighted by Gasteiger charge is -2.17. The second-order valence-corrected chi connectivity index (χ2v) is 5.89. The SMILES string of the molecule is CC(C1CC1)n1c(CCl)nc2cnc3ccccc3c21. The van der Waals surface area contributed by atoms with Crippen LogP contribution in [0.25, 0.3) is 21.9 Å². The van der Waals surface area contributed by atoms with Gasteiger partial charge in [-0.05, 0) is 31.7 Å². The second-order valence-electron chi connectivity index (χ2n) is 5.62. The molecule has 3 aromatic rings.